The monoisotopic (exact) mass is 470 g/mol. The topological polar surface area (TPSA) is 189 Å². The van der Waals surface area contributed by atoms with Gasteiger partial charge >= 0.3 is 5.63 Å². The van der Waals surface area contributed by atoms with Gasteiger partial charge in [0.15, 0.2) is 6.29 Å². The van der Waals surface area contributed by atoms with Crippen LogP contribution in [-0.2, 0) is 14.2 Å². The number of hydrogen-bond acceptors (Lipinski definition) is 12. The van der Waals surface area contributed by atoms with Gasteiger partial charge in [0.1, 0.15) is 54.1 Å². The minimum absolute atomic E-state index is 0.0507. The maximum absolute atomic E-state index is 11.9. The number of fused-ring (bicyclic) bond motifs is 1. The van der Waals surface area contributed by atoms with E-state index in [9.17, 15) is 35.4 Å². The van der Waals surface area contributed by atoms with E-state index in [4.69, 9.17) is 23.4 Å². The Morgan fingerprint density at radius 3 is 2.45 bits per heavy atom. The molecular formula is C21H26O12. The van der Waals surface area contributed by atoms with Crippen LogP contribution in [0, 0.1) is 6.92 Å². The summed E-state index contributed by atoms with van der Waals surface area (Å²) in [5, 5.41) is 60.7. The molecule has 0 saturated carbocycles. The molecule has 0 unspecified atom stereocenters. The van der Waals surface area contributed by atoms with Crippen molar-refractivity contribution in [3.8, 4) is 5.75 Å². The van der Waals surface area contributed by atoms with Gasteiger partial charge in [0, 0.05) is 0 Å². The van der Waals surface area contributed by atoms with Crippen LogP contribution in [0.4, 0.5) is 0 Å². The van der Waals surface area contributed by atoms with Crippen molar-refractivity contribution in [2.24, 2.45) is 0 Å². The Labute approximate surface area is 187 Å². The molecule has 2 fully saturated rings. The third-order valence-corrected chi connectivity index (χ3v) is 5.73. The van der Waals surface area contributed by atoms with Gasteiger partial charge in [0.05, 0.1) is 24.7 Å². The molecule has 0 spiro atoms. The number of benzene rings is 1. The molecule has 0 aliphatic carbocycles. The average molecular weight is 470 g/mol. The molecule has 3 heterocycles. The number of rotatable bonds is 5. The van der Waals surface area contributed by atoms with E-state index in [0.717, 1.165) is 11.6 Å². The normalized spacial score (nSPS) is 37.2. The summed E-state index contributed by atoms with van der Waals surface area (Å²) in [6.45, 7) is 1.06. The third-order valence-electron chi connectivity index (χ3n) is 5.73. The standard InChI is InChI=1S/C21H26O12/c1-8-3-2-4-10-14(8)11(5-13(23)31-10)32-21-19(28)17(26)16(25)12(33-21)7-30-20-18(27)15(24)9(22)6-29-20/h2-5,9,12,15-22,24-28H,6-7H2,1H3/t9-,12-,15-,16-,17+,18+,19-,20+,21-/m1/s1. The van der Waals surface area contributed by atoms with Crippen LogP contribution in [0.3, 0.4) is 0 Å². The van der Waals surface area contributed by atoms with Crippen molar-refractivity contribution in [3.05, 3.63) is 40.2 Å². The van der Waals surface area contributed by atoms with Crippen molar-refractivity contribution in [3.63, 3.8) is 0 Å². The van der Waals surface area contributed by atoms with Crippen LogP contribution in [0.25, 0.3) is 11.0 Å². The molecular weight excluding hydrogens is 444 g/mol. The molecule has 2 aromatic rings. The van der Waals surface area contributed by atoms with Gasteiger partial charge in [-0.15, -0.1) is 0 Å². The number of aliphatic hydroxyl groups excluding tert-OH is 6. The number of ether oxygens (including phenoxy) is 4. The van der Waals surface area contributed by atoms with E-state index >= 15 is 0 Å². The van der Waals surface area contributed by atoms with E-state index in [1.54, 1.807) is 25.1 Å². The van der Waals surface area contributed by atoms with Crippen LogP contribution in [0.1, 0.15) is 5.56 Å². The smallest absolute Gasteiger partial charge is 0.339 e. The summed E-state index contributed by atoms with van der Waals surface area (Å²) in [7, 11) is 0. The Balaban J connectivity index is 1.51. The lowest BCUT2D eigenvalue weighted by atomic mass is 9.99. The molecule has 0 radical (unpaired) electrons. The Hall–Kier alpha value is -2.13. The quantitative estimate of drug-likeness (QED) is 0.258. The van der Waals surface area contributed by atoms with Gasteiger partial charge in [-0.3, -0.25) is 0 Å². The maximum atomic E-state index is 11.9. The average Bonchev–Trinajstić information content (AvgIpc) is 2.78. The van der Waals surface area contributed by atoms with Crippen molar-refractivity contribution in [1.29, 1.82) is 0 Å². The van der Waals surface area contributed by atoms with E-state index in [1.165, 1.54) is 0 Å². The van der Waals surface area contributed by atoms with Gasteiger partial charge in [0.25, 0.3) is 0 Å². The Morgan fingerprint density at radius 2 is 1.70 bits per heavy atom. The summed E-state index contributed by atoms with van der Waals surface area (Å²) in [4.78, 5) is 11.9. The summed E-state index contributed by atoms with van der Waals surface area (Å²) >= 11 is 0. The molecule has 2 saturated heterocycles. The highest BCUT2D eigenvalue weighted by atomic mass is 16.7. The molecule has 12 nitrogen and oxygen atoms in total. The van der Waals surface area contributed by atoms with Crippen LogP contribution in [0.2, 0.25) is 0 Å². The summed E-state index contributed by atoms with van der Waals surface area (Å²) in [6, 6.07) is 6.11. The largest absolute Gasteiger partial charge is 0.461 e. The van der Waals surface area contributed by atoms with Crippen LogP contribution in [0.5, 0.6) is 5.75 Å². The van der Waals surface area contributed by atoms with E-state index in [1.807, 2.05) is 0 Å². The van der Waals surface area contributed by atoms with Gasteiger partial charge in [-0.25, -0.2) is 4.79 Å². The summed E-state index contributed by atoms with van der Waals surface area (Å²) in [5.74, 6) is 0.0507. The van der Waals surface area contributed by atoms with Crippen LogP contribution in [0.15, 0.2) is 33.5 Å². The SMILES string of the molecule is Cc1cccc2oc(=O)cc(O[C@@H]3O[C@H](CO[C@@H]4OC[C@@H](O)[C@@H](O)[C@@H]4O)[C@@H](O)[C@H](O)[C@H]3O)c12. The van der Waals surface area contributed by atoms with Crippen molar-refractivity contribution in [2.45, 2.75) is 62.2 Å². The predicted molar refractivity (Wildman–Crippen MR) is 108 cm³/mol. The number of hydrogen-bond donors (Lipinski definition) is 6. The summed E-state index contributed by atoms with van der Waals surface area (Å²) < 4.78 is 27.0. The Kier molecular flexibility index (Phi) is 7.00. The van der Waals surface area contributed by atoms with Crippen LogP contribution in [-0.4, -0.2) is 99.2 Å². The Bertz CT molecular complexity index is 1020. The second-order valence-electron chi connectivity index (χ2n) is 8.09. The first-order valence-electron chi connectivity index (χ1n) is 10.3. The molecule has 4 rings (SSSR count). The molecule has 0 bridgehead atoms. The van der Waals surface area contributed by atoms with Crippen LogP contribution >= 0.6 is 0 Å². The zero-order valence-electron chi connectivity index (χ0n) is 17.6. The second-order valence-corrected chi connectivity index (χ2v) is 8.09. The van der Waals surface area contributed by atoms with E-state index in [-0.39, 0.29) is 17.9 Å². The van der Waals surface area contributed by atoms with Crippen molar-refractivity contribution >= 4 is 11.0 Å². The number of aliphatic hydroxyl groups is 6. The third kappa shape index (κ3) is 4.75. The molecule has 2 aliphatic rings. The molecule has 2 aliphatic heterocycles. The minimum Gasteiger partial charge on any atom is -0.461 e. The highest BCUT2D eigenvalue weighted by Crippen LogP contribution is 2.31. The lowest BCUT2D eigenvalue weighted by molar-refractivity contribution is -0.307. The van der Waals surface area contributed by atoms with Gasteiger partial charge < -0.3 is 54.0 Å². The Morgan fingerprint density at radius 1 is 0.970 bits per heavy atom. The molecule has 0 amide bonds. The highest BCUT2D eigenvalue weighted by molar-refractivity contribution is 5.86. The molecule has 33 heavy (non-hydrogen) atoms. The molecule has 1 aromatic carbocycles. The fourth-order valence-electron chi connectivity index (χ4n) is 3.84. The molecule has 182 valence electrons. The zero-order chi connectivity index (χ0) is 23.9. The minimum atomic E-state index is -1.69. The van der Waals surface area contributed by atoms with Gasteiger partial charge in [-0.1, -0.05) is 12.1 Å². The molecule has 1 aromatic heterocycles. The number of aryl methyl sites for hydroxylation is 1. The first-order valence-corrected chi connectivity index (χ1v) is 10.3. The highest BCUT2D eigenvalue weighted by Gasteiger charge is 2.46. The van der Waals surface area contributed by atoms with Crippen molar-refractivity contribution in [2.75, 3.05) is 13.2 Å². The second kappa shape index (κ2) is 9.62. The predicted octanol–water partition coefficient (Wildman–Crippen LogP) is -2.26. The van der Waals surface area contributed by atoms with E-state index in [2.05, 4.69) is 0 Å². The van der Waals surface area contributed by atoms with Gasteiger partial charge in [0.2, 0.25) is 6.29 Å². The molecule has 9 atom stereocenters. The summed E-state index contributed by atoms with van der Waals surface area (Å²) in [5.41, 5.74) is 0.284. The fourth-order valence-corrected chi connectivity index (χ4v) is 3.84. The van der Waals surface area contributed by atoms with Crippen molar-refractivity contribution < 1.29 is 54.0 Å². The zero-order valence-corrected chi connectivity index (χ0v) is 17.6. The van der Waals surface area contributed by atoms with Crippen LogP contribution < -0.4 is 10.4 Å². The van der Waals surface area contributed by atoms with Gasteiger partial charge in [-0.05, 0) is 18.6 Å². The lowest BCUT2D eigenvalue weighted by Crippen LogP contribution is -2.61. The van der Waals surface area contributed by atoms with Crippen molar-refractivity contribution in [1.82, 2.24) is 0 Å². The molecule has 6 N–H and O–H groups in total. The maximum Gasteiger partial charge on any atom is 0.339 e. The van der Waals surface area contributed by atoms with E-state index < -0.39 is 67.5 Å². The first kappa shape index (κ1) is 24.0. The fraction of sp³-hybridized carbons (Fsp3) is 0.571. The van der Waals surface area contributed by atoms with E-state index in [0.29, 0.717) is 5.39 Å². The lowest BCUT2D eigenvalue weighted by Gasteiger charge is -2.41. The first-order chi connectivity index (χ1) is 15.7. The van der Waals surface area contributed by atoms with Gasteiger partial charge in [-0.2, -0.15) is 0 Å². The summed E-state index contributed by atoms with van der Waals surface area (Å²) in [6.07, 6.45) is -13.3. The molecule has 12 heteroatoms.